The van der Waals surface area contributed by atoms with Crippen LogP contribution in [-0.4, -0.2) is 12.5 Å². The zero-order valence-corrected chi connectivity index (χ0v) is 8.09. The number of carbonyl (C=O) groups is 1. The topological polar surface area (TPSA) is 55.1 Å². The lowest BCUT2D eigenvalue weighted by molar-refractivity contribution is 0.0954. The van der Waals surface area contributed by atoms with Gasteiger partial charge in [-0.15, -0.1) is 12.3 Å². The number of benzene rings is 1. The van der Waals surface area contributed by atoms with Crippen LogP contribution in [-0.2, 0) is 0 Å². The lowest BCUT2D eigenvalue weighted by atomic mass is 10.2. The molecule has 1 aromatic carbocycles. The van der Waals surface area contributed by atoms with E-state index in [1.807, 2.05) is 0 Å². The molecule has 0 heterocycles. The van der Waals surface area contributed by atoms with Crippen LogP contribution >= 0.6 is 0 Å². The van der Waals surface area contributed by atoms with Crippen LogP contribution in [0, 0.1) is 18.2 Å². The van der Waals surface area contributed by atoms with Gasteiger partial charge >= 0.3 is 0 Å². The second kappa shape index (κ2) is 5.01. The third-order valence-corrected chi connectivity index (χ3v) is 1.74. The highest BCUT2D eigenvalue weighted by Crippen LogP contribution is 2.10. The molecule has 0 aliphatic carbocycles. The number of rotatable bonds is 3. The van der Waals surface area contributed by atoms with E-state index < -0.39 is 5.82 Å². The Balaban J connectivity index is 2.70. The molecule has 3 N–H and O–H groups in total. The summed E-state index contributed by atoms with van der Waals surface area (Å²) >= 11 is 0. The molecule has 0 aliphatic heterocycles. The molecule has 4 heteroatoms. The van der Waals surface area contributed by atoms with E-state index in [4.69, 9.17) is 12.2 Å². The van der Waals surface area contributed by atoms with Gasteiger partial charge in [-0.3, -0.25) is 4.79 Å². The monoisotopic (exact) mass is 206 g/mol. The van der Waals surface area contributed by atoms with E-state index in [9.17, 15) is 9.18 Å². The minimum absolute atomic E-state index is 0.199. The number of terminal acetylenes is 1. The van der Waals surface area contributed by atoms with Gasteiger partial charge in [-0.05, 0) is 18.2 Å². The van der Waals surface area contributed by atoms with E-state index in [0.717, 1.165) is 12.1 Å². The summed E-state index contributed by atoms with van der Waals surface area (Å²) < 4.78 is 12.9. The van der Waals surface area contributed by atoms with Crippen molar-refractivity contribution in [1.29, 1.82) is 0 Å². The maximum absolute atomic E-state index is 12.9. The van der Waals surface area contributed by atoms with Crippen molar-refractivity contribution in [1.82, 2.24) is 5.32 Å². The Morgan fingerprint density at radius 1 is 1.53 bits per heavy atom. The number of anilines is 1. The molecular weight excluding hydrogens is 195 g/mol. The van der Waals surface area contributed by atoms with Crippen LogP contribution in [0.25, 0.3) is 0 Å². The summed E-state index contributed by atoms with van der Waals surface area (Å²) in [5.74, 6) is 1.48. The maximum atomic E-state index is 12.9. The number of carbonyl (C=O) groups excluding carboxylic acids is 1. The average molecular weight is 206 g/mol. The molecule has 0 aromatic heterocycles. The van der Waals surface area contributed by atoms with E-state index in [1.165, 1.54) is 6.07 Å². The number of nitrogen functional groups attached to an aromatic ring is 1. The van der Waals surface area contributed by atoms with Crippen LogP contribution in [0.3, 0.4) is 0 Å². The van der Waals surface area contributed by atoms with Gasteiger partial charge in [0.2, 0.25) is 0 Å². The van der Waals surface area contributed by atoms with Crippen molar-refractivity contribution in [3.05, 3.63) is 29.6 Å². The molecule has 0 unspecified atom stereocenters. The van der Waals surface area contributed by atoms with Crippen molar-refractivity contribution in [3.63, 3.8) is 0 Å². The molecule has 0 bridgehead atoms. The van der Waals surface area contributed by atoms with Crippen molar-refractivity contribution in [2.75, 3.05) is 12.3 Å². The van der Waals surface area contributed by atoms with E-state index in [0.29, 0.717) is 13.0 Å². The van der Waals surface area contributed by atoms with E-state index in [2.05, 4.69) is 11.2 Å². The van der Waals surface area contributed by atoms with Gasteiger partial charge in [0.25, 0.3) is 5.91 Å². The molecule has 0 radical (unpaired) electrons. The Kier molecular flexibility index (Phi) is 3.69. The first kappa shape index (κ1) is 11.1. The fourth-order valence-electron chi connectivity index (χ4n) is 1.09. The lowest BCUT2D eigenvalue weighted by Gasteiger charge is -2.04. The molecule has 0 aliphatic rings. The van der Waals surface area contributed by atoms with Crippen LogP contribution in [0.1, 0.15) is 16.8 Å². The van der Waals surface area contributed by atoms with Crippen LogP contribution in [0.2, 0.25) is 0 Å². The summed E-state index contributed by atoms with van der Waals surface area (Å²) in [7, 11) is 0. The van der Waals surface area contributed by atoms with Gasteiger partial charge in [-0.2, -0.15) is 0 Å². The van der Waals surface area contributed by atoms with Gasteiger partial charge in [-0.1, -0.05) is 0 Å². The van der Waals surface area contributed by atoms with Gasteiger partial charge in [0.15, 0.2) is 0 Å². The predicted octanol–water partition coefficient (Wildman–Crippen LogP) is 1.16. The molecular formula is C11H11FN2O. The third kappa shape index (κ3) is 3.31. The maximum Gasteiger partial charge on any atom is 0.251 e. The smallest absolute Gasteiger partial charge is 0.251 e. The van der Waals surface area contributed by atoms with Gasteiger partial charge in [0.05, 0.1) is 0 Å². The zero-order valence-electron chi connectivity index (χ0n) is 8.09. The first-order valence-electron chi connectivity index (χ1n) is 4.41. The number of halogens is 1. The fraction of sp³-hybridized carbons (Fsp3) is 0.182. The van der Waals surface area contributed by atoms with E-state index in [1.54, 1.807) is 0 Å². The molecule has 1 aromatic rings. The van der Waals surface area contributed by atoms with Crippen molar-refractivity contribution < 1.29 is 9.18 Å². The Hall–Kier alpha value is -2.02. The highest BCUT2D eigenvalue weighted by Gasteiger charge is 2.06. The van der Waals surface area contributed by atoms with Gasteiger partial charge in [0.1, 0.15) is 5.82 Å². The van der Waals surface area contributed by atoms with Crippen molar-refractivity contribution in [2.24, 2.45) is 0 Å². The Bertz CT molecular complexity index is 389. The largest absolute Gasteiger partial charge is 0.399 e. The molecule has 1 amide bonds. The summed E-state index contributed by atoms with van der Waals surface area (Å²) in [6.45, 7) is 0.367. The van der Waals surface area contributed by atoms with Crippen molar-refractivity contribution >= 4 is 11.6 Å². The number of amides is 1. The SMILES string of the molecule is C#CCCNC(=O)c1cc(N)cc(F)c1. The minimum Gasteiger partial charge on any atom is -0.399 e. The number of hydrogen-bond acceptors (Lipinski definition) is 2. The molecule has 0 spiro atoms. The zero-order chi connectivity index (χ0) is 11.3. The van der Waals surface area contributed by atoms with Crippen LogP contribution in [0.5, 0.6) is 0 Å². The second-order valence-corrected chi connectivity index (χ2v) is 2.98. The number of nitrogens with two attached hydrogens (primary N) is 1. The molecule has 0 saturated carbocycles. The molecule has 78 valence electrons. The fourth-order valence-corrected chi connectivity index (χ4v) is 1.09. The van der Waals surface area contributed by atoms with E-state index >= 15 is 0 Å². The summed E-state index contributed by atoms with van der Waals surface area (Å²) in [5.41, 5.74) is 5.82. The molecule has 3 nitrogen and oxygen atoms in total. The first-order chi connectivity index (χ1) is 7.13. The van der Waals surface area contributed by atoms with Gasteiger partial charge < -0.3 is 11.1 Å². The predicted molar refractivity (Wildman–Crippen MR) is 56.6 cm³/mol. The third-order valence-electron chi connectivity index (χ3n) is 1.74. The molecule has 0 saturated heterocycles. The average Bonchev–Trinajstić information content (AvgIpc) is 2.16. The Labute approximate surface area is 87.5 Å². The number of nitrogens with one attached hydrogen (secondary N) is 1. The Morgan fingerprint density at radius 3 is 2.87 bits per heavy atom. The standard InChI is InChI=1S/C11H11FN2O/c1-2-3-4-14-11(15)8-5-9(12)7-10(13)6-8/h1,5-7H,3-4,13H2,(H,14,15). The Morgan fingerprint density at radius 2 is 2.27 bits per heavy atom. The first-order valence-corrected chi connectivity index (χ1v) is 4.41. The highest BCUT2D eigenvalue weighted by molar-refractivity contribution is 5.95. The normalized spacial score (nSPS) is 9.33. The number of hydrogen-bond donors (Lipinski definition) is 2. The summed E-state index contributed by atoms with van der Waals surface area (Å²) in [5, 5.41) is 2.55. The van der Waals surface area contributed by atoms with Crippen molar-refractivity contribution in [3.8, 4) is 12.3 Å². The second-order valence-electron chi connectivity index (χ2n) is 2.98. The molecule has 0 atom stereocenters. The molecule has 1 rings (SSSR count). The minimum atomic E-state index is -0.530. The highest BCUT2D eigenvalue weighted by atomic mass is 19.1. The van der Waals surface area contributed by atoms with Gasteiger partial charge in [0, 0.05) is 24.2 Å². The van der Waals surface area contributed by atoms with Crippen molar-refractivity contribution in [2.45, 2.75) is 6.42 Å². The molecule has 0 fully saturated rings. The van der Waals surface area contributed by atoms with Gasteiger partial charge in [-0.25, -0.2) is 4.39 Å². The van der Waals surface area contributed by atoms with E-state index in [-0.39, 0.29) is 17.2 Å². The van der Waals surface area contributed by atoms with Crippen LogP contribution in [0.4, 0.5) is 10.1 Å². The summed E-state index contributed by atoms with van der Waals surface area (Å²) in [6.07, 6.45) is 5.46. The lowest BCUT2D eigenvalue weighted by Crippen LogP contribution is -2.24. The van der Waals surface area contributed by atoms with Crippen LogP contribution in [0.15, 0.2) is 18.2 Å². The quantitative estimate of drug-likeness (QED) is 0.443. The van der Waals surface area contributed by atoms with Crippen LogP contribution < -0.4 is 11.1 Å². The summed E-state index contributed by atoms with van der Waals surface area (Å²) in [6, 6.07) is 3.69. The summed E-state index contributed by atoms with van der Waals surface area (Å²) in [4.78, 5) is 11.4. The molecule has 15 heavy (non-hydrogen) atoms.